The topological polar surface area (TPSA) is 87.3 Å². The van der Waals surface area contributed by atoms with E-state index in [1.165, 1.54) is 12.1 Å². The first-order valence-electron chi connectivity index (χ1n) is 9.45. The number of H-pyrrole nitrogens is 1. The highest BCUT2D eigenvalue weighted by Crippen LogP contribution is 2.14. The zero-order valence-corrected chi connectivity index (χ0v) is 16.4. The summed E-state index contributed by atoms with van der Waals surface area (Å²) < 4.78 is 28.6. The fourth-order valence-corrected chi connectivity index (χ4v) is 2.95. The van der Waals surface area contributed by atoms with Crippen LogP contribution in [0, 0.1) is 0 Å². The van der Waals surface area contributed by atoms with E-state index in [1.54, 1.807) is 30.3 Å². The Bertz CT molecular complexity index is 1050. The van der Waals surface area contributed by atoms with Crippen LogP contribution in [0.5, 0.6) is 5.75 Å². The van der Waals surface area contributed by atoms with Gasteiger partial charge in [-0.15, -0.1) is 0 Å². The van der Waals surface area contributed by atoms with Crippen LogP contribution in [-0.2, 0) is 17.9 Å². The molecule has 9 heteroatoms. The van der Waals surface area contributed by atoms with E-state index in [-0.39, 0.29) is 30.3 Å². The number of carbonyl (C=O) groups excluding carboxylic acids is 1. The van der Waals surface area contributed by atoms with Crippen molar-refractivity contribution in [2.24, 2.45) is 0 Å². The minimum Gasteiger partial charge on any atom is -0.435 e. The van der Waals surface area contributed by atoms with Crippen molar-refractivity contribution < 1.29 is 18.3 Å². The van der Waals surface area contributed by atoms with Gasteiger partial charge in [0.05, 0.1) is 24.0 Å². The maximum absolute atomic E-state index is 12.3. The lowest BCUT2D eigenvalue weighted by Crippen LogP contribution is -2.37. The molecule has 0 spiro atoms. The van der Waals surface area contributed by atoms with Gasteiger partial charge in [0.1, 0.15) is 11.6 Å². The van der Waals surface area contributed by atoms with Crippen LogP contribution in [0.2, 0.25) is 0 Å². The predicted octanol–water partition coefficient (Wildman–Crippen LogP) is 2.66. The van der Waals surface area contributed by atoms with E-state index < -0.39 is 6.61 Å². The second-order valence-corrected chi connectivity index (χ2v) is 6.63. The molecule has 2 aromatic carbocycles. The van der Waals surface area contributed by atoms with Crippen molar-refractivity contribution in [1.29, 1.82) is 0 Å². The van der Waals surface area contributed by atoms with Crippen molar-refractivity contribution in [2.75, 3.05) is 13.1 Å². The lowest BCUT2D eigenvalue weighted by Gasteiger charge is -2.19. The first kappa shape index (κ1) is 21.4. The van der Waals surface area contributed by atoms with Crippen molar-refractivity contribution in [1.82, 2.24) is 20.2 Å². The van der Waals surface area contributed by atoms with Crippen LogP contribution in [0.1, 0.15) is 18.3 Å². The summed E-state index contributed by atoms with van der Waals surface area (Å²) in [6.07, 6.45) is 0. The van der Waals surface area contributed by atoms with E-state index >= 15 is 0 Å². The van der Waals surface area contributed by atoms with Gasteiger partial charge in [0.2, 0.25) is 5.91 Å². The zero-order valence-electron chi connectivity index (χ0n) is 16.4. The summed E-state index contributed by atoms with van der Waals surface area (Å²) >= 11 is 0. The average molecular weight is 416 g/mol. The third-order valence-electron chi connectivity index (χ3n) is 4.49. The summed E-state index contributed by atoms with van der Waals surface area (Å²) in [4.78, 5) is 33.6. The highest BCUT2D eigenvalue weighted by atomic mass is 19.3. The molecule has 0 saturated carbocycles. The molecule has 0 unspecified atom stereocenters. The Morgan fingerprint density at radius 3 is 2.63 bits per heavy atom. The maximum atomic E-state index is 12.3. The Morgan fingerprint density at radius 1 is 1.20 bits per heavy atom. The number of amides is 1. The average Bonchev–Trinajstić information content (AvgIpc) is 2.72. The normalized spacial score (nSPS) is 11.2. The van der Waals surface area contributed by atoms with Gasteiger partial charge in [-0.2, -0.15) is 8.78 Å². The molecule has 0 radical (unpaired) electrons. The minimum atomic E-state index is -2.87. The SMILES string of the molecule is CCN(CC(=O)NCc1ccc(OC(F)F)cc1)Cc1nc2ccccc2c(=O)[nH]1. The van der Waals surface area contributed by atoms with Gasteiger partial charge >= 0.3 is 6.61 Å². The van der Waals surface area contributed by atoms with E-state index in [2.05, 4.69) is 20.0 Å². The molecule has 0 aliphatic heterocycles. The number of rotatable bonds is 9. The second-order valence-electron chi connectivity index (χ2n) is 6.63. The number of benzene rings is 2. The fraction of sp³-hybridized carbons (Fsp3) is 0.286. The molecular formula is C21H22F2N4O3. The molecule has 3 aromatic rings. The molecule has 2 N–H and O–H groups in total. The van der Waals surface area contributed by atoms with Crippen LogP contribution in [0.25, 0.3) is 10.9 Å². The highest BCUT2D eigenvalue weighted by molar-refractivity contribution is 5.78. The molecule has 1 aromatic heterocycles. The van der Waals surface area contributed by atoms with Crippen LogP contribution in [-0.4, -0.2) is 40.5 Å². The number of hydrogen-bond donors (Lipinski definition) is 2. The highest BCUT2D eigenvalue weighted by Gasteiger charge is 2.12. The largest absolute Gasteiger partial charge is 0.435 e. The number of halogens is 2. The fourth-order valence-electron chi connectivity index (χ4n) is 2.95. The molecule has 0 aliphatic carbocycles. The Hall–Kier alpha value is -3.33. The standard InChI is InChI=1S/C21H22F2N4O3/c1-2-27(12-18-25-17-6-4-3-5-16(17)20(29)26-18)13-19(28)24-11-14-7-9-15(10-8-14)30-21(22)23/h3-10,21H,2,11-13H2,1H3,(H,24,28)(H,25,26,29). The van der Waals surface area contributed by atoms with Crippen LogP contribution < -0.4 is 15.6 Å². The van der Waals surface area contributed by atoms with Crippen LogP contribution >= 0.6 is 0 Å². The third kappa shape index (κ3) is 5.84. The Kier molecular flexibility index (Phi) is 7.08. The molecule has 0 bridgehead atoms. The molecule has 0 atom stereocenters. The van der Waals surface area contributed by atoms with Crippen molar-refractivity contribution in [2.45, 2.75) is 26.6 Å². The lowest BCUT2D eigenvalue weighted by atomic mass is 10.2. The van der Waals surface area contributed by atoms with Gasteiger partial charge in [0.25, 0.3) is 5.56 Å². The van der Waals surface area contributed by atoms with Crippen molar-refractivity contribution >= 4 is 16.8 Å². The van der Waals surface area contributed by atoms with Gasteiger partial charge in [-0.1, -0.05) is 31.2 Å². The van der Waals surface area contributed by atoms with Crippen molar-refractivity contribution in [3.63, 3.8) is 0 Å². The van der Waals surface area contributed by atoms with E-state index in [1.807, 2.05) is 17.9 Å². The number of para-hydroxylation sites is 1. The molecule has 30 heavy (non-hydrogen) atoms. The summed E-state index contributed by atoms with van der Waals surface area (Å²) in [5.74, 6) is 0.352. The second kappa shape index (κ2) is 9.93. The molecule has 1 amide bonds. The summed E-state index contributed by atoms with van der Waals surface area (Å²) in [6, 6.07) is 13.1. The summed E-state index contributed by atoms with van der Waals surface area (Å²) in [5.41, 5.74) is 1.15. The molecule has 0 aliphatic rings. The quantitative estimate of drug-likeness (QED) is 0.560. The van der Waals surface area contributed by atoms with Gasteiger partial charge in [-0.05, 0) is 36.4 Å². The first-order chi connectivity index (χ1) is 14.4. The van der Waals surface area contributed by atoms with Gasteiger partial charge in [-0.3, -0.25) is 14.5 Å². The Balaban J connectivity index is 1.55. The van der Waals surface area contributed by atoms with Crippen LogP contribution in [0.4, 0.5) is 8.78 Å². The number of nitrogens with zero attached hydrogens (tertiary/aromatic N) is 2. The van der Waals surface area contributed by atoms with Crippen LogP contribution in [0.3, 0.4) is 0 Å². The lowest BCUT2D eigenvalue weighted by molar-refractivity contribution is -0.122. The number of aromatic nitrogens is 2. The molecule has 7 nitrogen and oxygen atoms in total. The minimum absolute atomic E-state index is 0.0640. The van der Waals surface area contributed by atoms with Gasteiger partial charge in [0.15, 0.2) is 0 Å². The number of fused-ring (bicyclic) bond motifs is 1. The van der Waals surface area contributed by atoms with Gasteiger partial charge < -0.3 is 15.0 Å². The summed E-state index contributed by atoms with van der Waals surface area (Å²) in [6.45, 7) is 0.333. The predicted molar refractivity (Wildman–Crippen MR) is 108 cm³/mol. The van der Waals surface area contributed by atoms with E-state index in [0.717, 1.165) is 5.56 Å². The van der Waals surface area contributed by atoms with E-state index in [0.29, 0.717) is 29.8 Å². The number of hydrogen-bond acceptors (Lipinski definition) is 5. The Morgan fingerprint density at radius 2 is 1.93 bits per heavy atom. The number of carbonyl (C=O) groups is 1. The third-order valence-corrected chi connectivity index (χ3v) is 4.49. The molecule has 158 valence electrons. The van der Waals surface area contributed by atoms with Crippen LogP contribution in [0.15, 0.2) is 53.3 Å². The van der Waals surface area contributed by atoms with Crippen molar-refractivity contribution in [3.8, 4) is 5.75 Å². The number of ether oxygens (including phenoxy) is 1. The smallest absolute Gasteiger partial charge is 0.387 e. The van der Waals surface area contributed by atoms with E-state index in [4.69, 9.17) is 0 Å². The van der Waals surface area contributed by atoms with E-state index in [9.17, 15) is 18.4 Å². The summed E-state index contributed by atoms with van der Waals surface area (Å²) in [5, 5.41) is 3.31. The molecule has 0 fully saturated rings. The monoisotopic (exact) mass is 416 g/mol. The van der Waals surface area contributed by atoms with Crippen molar-refractivity contribution in [3.05, 3.63) is 70.3 Å². The number of likely N-dealkylation sites (N-methyl/N-ethyl adjacent to an activating group) is 1. The summed E-state index contributed by atoms with van der Waals surface area (Å²) in [7, 11) is 0. The number of alkyl halides is 2. The first-order valence-corrected chi connectivity index (χ1v) is 9.45. The maximum Gasteiger partial charge on any atom is 0.387 e. The molecular weight excluding hydrogens is 394 g/mol. The molecule has 3 rings (SSSR count). The molecule has 1 heterocycles. The number of nitrogens with one attached hydrogen (secondary N) is 2. The Labute approximate surface area is 171 Å². The zero-order chi connectivity index (χ0) is 21.5. The molecule has 0 saturated heterocycles. The van der Waals surface area contributed by atoms with Gasteiger partial charge in [0, 0.05) is 6.54 Å². The van der Waals surface area contributed by atoms with Gasteiger partial charge in [-0.25, -0.2) is 4.98 Å². The number of aromatic amines is 1.